The molecule has 7 heteroatoms. The molecule has 1 aromatic carbocycles. The van der Waals surface area contributed by atoms with Gasteiger partial charge in [0.25, 0.3) is 0 Å². The first-order valence-electron chi connectivity index (χ1n) is 6.74. The maximum Gasteiger partial charge on any atom is 0.216 e. The number of methoxy groups -OCH3 is 1. The van der Waals surface area contributed by atoms with Crippen LogP contribution < -0.4 is 5.73 Å². The molecule has 0 aromatic heterocycles. The molecule has 5 nitrogen and oxygen atoms in total. The van der Waals surface area contributed by atoms with Crippen LogP contribution in [-0.2, 0) is 21.2 Å². The van der Waals surface area contributed by atoms with Crippen molar-refractivity contribution in [3.63, 3.8) is 0 Å². The van der Waals surface area contributed by atoms with Crippen molar-refractivity contribution in [2.45, 2.75) is 19.4 Å². The molecular formula is C14H25ClN2O3S. The molecule has 2 N–H and O–H groups in total. The summed E-state index contributed by atoms with van der Waals surface area (Å²) in [7, 11) is -1.83. The van der Waals surface area contributed by atoms with Gasteiger partial charge in [-0.15, -0.1) is 12.4 Å². The summed E-state index contributed by atoms with van der Waals surface area (Å²) < 4.78 is 31.1. The van der Waals surface area contributed by atoms with Crippen molar-refractivity contribution < 1.29 is 13.2 Å². The van der Waals surface area contributed by atoms with Gasteiger partial charge in [0, 0.05) is 26.7 Å². The molecule has 122 valence electrons. The summed E-state index contributed by atoms with van der Waals surface area (Å²) in [6.45, 7) is 2.84. The molecule has 0 saturated carbocycles. The Morgan fingerprint density at radius 3 is 2.38 bits per heavy atom. The van der Waals surface area contributed by atoms with Crippen molar-refractivity contribution in [2.24, 2.45) is 5.73 Å². The van der Waals surface area contributed by atoms with Gasteiger partial charge in [-0.25, -0.2) is 12.7 Å². The zero-order valence-electron chi connectivity index (χ0n) is 12.6. The molecular weight excluding hydrogens is 312 g/mol. The van der Waals surface area contributed by atoms with E-state index in [9.17, 15) is 8.42 Å². The van der Waals surface area contributed by atoms with E-state index < -0.39 is 10.0 Å². The van der Waals surface area contributed by atoms with Gasteiger partial charge in [0.15, 0.2) is 0 Å². The Morgan fingerprint density at radius 1 is 1.24 bits per heavy atom. The van der Waals surface area contributed by atoms with Gasteiger partial charge in [0.2, 0.25) is 10.0 Å². The first-order valence-corrected chi connectivity index (χ1v) is 8.35. The Bertz CT molecular complexity index is 482. The fourth-order valence-corrected chi connectivity index (χ4v) is 3.60. The van der Waals surface area contributed by atoms with Crippen LogP contribution in [0.2, 0.25) is 0 Å². The van der Waals surface area contributed by atoms with Crippen LogP contribution in [0.1, 0.15) is 12.5 Å². The molecule has 1 atom stereocenters. The Morgan fingerprint density at radius 2 is 1.86 bits per heavy atom. The predicted octanol–water partition coefficient (Wildman–Crippen LogP) is 1.28. The highest BCUT2D eigenvalue weighted by Gasteiger charge is 2.23. The van der Waals surface area contributed by atoms with E-state index in [1.54, 1.807) is 6.92 Å². The minimum Gasteiger partial charge on any atom is -0.381 e. The van der Waals surface area contributed by atoms with E-state index >= 15 is 0 Å². The summed E-state index contributed by atoms with van der Waals surface area (Å²) in [4.78, 5) is 0. The van der Waals surface area contributed by atoms with Gasteiger partial charge >= 0.3 is 0 Å². The molecule has 0 radical (unpaired) electrons. The van der Waals surface area contributed by atoms with Crippen molar-refractivity contribution in [1.29, 1.82) is 0 Å². The molecule has 0 fully saturated rings. The smallest absolute Gasteiger partial charge is 0.216 e. The summed E-state index contributed by atoms with van der Waals surface area (Å²) in [5.41, 5.74) is 6.64. The Balaban J connectivity index is 0.00000400. The van der Waals surface area contributed by atoms with E-state index in [0.29, 0.717) is 26.1 Å². The number of halogens is 1. The van der Waals surface area contributed by atoms with Crippen LogP contribution in [0.3, 0.4) is 0 Å². The van der Waals surface area contributed by atoms with Crippen molar-refractivity contribution in [1.82, 2.24) is 4.31 Å². The second-order valence-electron chi connectivity index (χ2n) is 4.75. The van der Waals surface area contributed by atoms with Crippen LogP contribution in [0.25, 0.3) is 0 Å². The molecule has 0 aliphatic carbocycles. The third-order valence-electron chi connectivity index (χ3n) is 3.11. The zero-order valence-corrected chi connectivity index (χ0v) is 14.2. The van der Waals surface area contributed by atoms with E-state index in [1.807, 2.05) is 30.3 Å². The van der Waals surface area contributed by atoms with E-state index in [1.165, 1.54) is 11.4 Å². The Labute approximate surface area is 133 Å². The number of benzene rings is 1. The van der Waals surface area contributed by atoms with Gasteiger partial charge in [-0.3, -0.25) is 0 Å². The molecule has 0 heterocycles. The number of ether oxygens (including phenoxy) is 1. The molecule has 1 aromatic rings. The molecule has 1 unspecified atom stereocenters. The molecule has 0 amide bonds. The largest absolute Gasteiger partial charge is 0.381 e. The Hall–Kier alpha value is -0.660. The molecule has 21 heavy (non-hydrogen) atoms. The lowest BCUT2D eigenvalue weighted by Gasteiger charge is -2.23. The van der Waals surface area contributed by atoms with Crippen molar-refractivity contribution in [2.75, 3.05) is 32.5 Å². The van der Waals surface area contributed by atoms with E-state index in [2.05, 4.69) is 0 Å². The van der Waals surface area contributed by atoms with Gasteiger partial charge in [-0.2, -0.15) is 0 Å². The standard InChI is InChI=1S/C14H24N2O3S.ClH/c1-13(19-2)12-20(17,18)16(11-9-15)10-8-14-6-4-3-5-7-14;/h3-7,13H,8-12,15H2,1-2H3;1H. The summed E-state index contributed by atoms with van der Waals surface area (Å²) in [6, 6.07) is 9.82. The zero-order chi connectivity index (χ0) is 15.0. The van der Waals surface area contributed by atoms with Crippen LogP contribution in [0.4, 0.5) is 0 Å². The van der Waals surface area contributed by atoms with Crippen LogP contribution in [-0.4, -0.2) is 51.3 Å². The molecule has 0 aliphatic rings. The van der Waals surface area contributed by atoms with E-state index in [-0.39, 0.29) is 24.3 Å². The minimum absolute atomic E-state index is 0. The van der Waals surface area contributed by atoms with Crippen molar-refractivity contribution >= 4 is 22.4 Å². The Kier molecular flexibility index (Phi) is 9.81. The molecule has 1 rings (SSSR count). The van der Waals surface area contributed by atoms with E-state index in [0.717, 1.165) is 5.56 Å². The number of rotatable bonds is 9. The summed E-state index contributed by atoms with van der Waals surface area (Å²) in [6.07, 6.45) is 0.360. The molecule has 0 spiro atoms. The first-order chi connectivity index (χ1) is 9.49. The number of sulfonamides is 1. The third-order valence-corrected chi connectivity index (χ3v) is 5.15. The highest BCUT2D eigenvalue weighted by molar-refractivity contribution is 7.89. The quantitative estimate of drug-likeness (QED) is 0.737. The average Bonchev–Trinajstić information content (AvgIpc) is 2.43. The van der Waals surface area contributed by atoms with Gasteiger partial charge in [0.1, 0.15) is 0 Å². The average molecular weight is 337 g/mol. The van der Waals surface area contributed by atoms with E-state index in [4.69, 9.17) is 10.5 Å². The highest BCUT2D eigenvalue weighted by Crippen LogP contribution is 2.08. The molecule has 0 aliphatic heterocycles. The summed E-state index contributed by atoms with van der Waals surface area (Å²) in [5, 5.41) is 0. The number of hydrogen-bond donors (Lipinski definition) is 1. The summed E-state index contributed by atoms with van der Waals surface area (Å²) in [5.74, 6) is -0.0156. The van der Waals surface area contributed by atoms with Gasteiger partial charge < -0.3 is 10.5 Å². The van der Waals surface area contributed by atoms with Gasteiger partial charge in [-0.1, -0.05) is 30.3 Å². The maximum absolute atomic E-state index is 12.3. The highest BCUT2D eigenvalue weighted by atomic mass is 35.5. The van der Waals surface area contributed by atoms with Gasteiger partial charge in [0.05, 0.1) is 11.9 Å². The lowest BCUT2D eigenvalue weighted by molar-refractivity contribution is 0.135. The normalized spacial score (nSPS) is 13.0. The predicted molar refractivity (Wildman–Crippen MR) is 88.3 cm³/mol. The third kappa shape index (κ3) is 7.24. The van der Waals surface area contributed by atoms with Crippen LogP contribution >= 0.6 is 12.4 Å². The second kappa shape index (κ2) is 10.1. The van der Waals surface area contributed by atoms with Gasteiger partial charge in [-0.05, 0) is 18.9 Å². The van der Waals surface area contributed by atoms with Crippen molar-refractivity contribution in [3.8, 4) is 0 Å². The number of nitrogens with two attached hydrogens (primary N) is 1. The lowest BCUT2D eigenvalue weighted by atomic mass is 10.1. The fraction of sp³-hybridized carbons (Fsp3) is 0.571. The maximum atomic E-state index is 12.3. The fourth-order valence-electron chi connectivity index (χ4n) is 1.90. The lowest BCUT2D eigenvalue weighted by Crippen LogP contribution is -2.40. The van der Waals surface area contributed by atoms with Crippen LogP contribution in [0, 0.1) is 0 Å². The number of hydrogen-bond acceptors (Lipinski definition) is 4. The second-order valence-corrected chi connectivity index (χ2v) is 6.76. The van der Waals surface area contributed by atoms with Crippen LogP contribution in [0.5, 0.6) is 0 Å². The molecule has 0 saturated heterocycles. The number of nitrogens with zero attached hydrogens (tertiary/aromatic N) is 1. The van der Waals surface area contributed by atoms with Crippen LogP contribution in [0.15, 0.2) is 30.3 Å². The topological polar surface area (TPSA) is 72.6 Å². The van der Waals surface area contributed by atoms with Crippen molar-refractivity contribution in [3.05, 3.63) is 35.9 Å². The monoisotopic (exact) mass is 336 g/mol. The first kappa shape index (κ1) is 20.3. The SMILES string of the molecule is COC(C)CS(=O)(=O)N(CCN)CCc1ccccc1.Cl. The minimum atomic E-state index is -3.34. The summed E-state index contributed by atoms with van der Waals surface area (Å²) >= 11 is 0. The molecule has 0 bridgehead atoms.